The van der Waals surface area contributed by atoms with Gasteiger partial charge in [0.05, 0.1) is 5.57 Å². The minimum absolute atomic E-state index is 0.0465. The SMILES string of the molecule is CC(=O)/C=C1/[C@@]2(C)C=C(C#N)C(=O)[C@@H](C)[C@@H]2CC[C@@]1(C)[C@@]1(C)CCCC(C)(C)CC[C@](C)(NC(=O)CC(F)(F)F)CC1. The molecule has 2 fully saturated rings. The summed E-state index contributed by atoms with van der Waals surface area (Å²) in [6.07, 6.45) is 4.17. The van der Waals surface area contributed by atoms with Gasteiger partial charge in [0.25, 0.3) is 0 Å². The molecular formula is C34H49F3N2O3. The van der Waals surface area contributed by atoms with E-state index in [9.17, 15) is 32.8 Å². The van der Waals surface area contributed by atoms with Gasteiger partial charge in [0, 0.05) is 16.9 Å². The summed E-state index contributed by atoms with van der Waals surface area (Å²) in [7, 11) is 0. The van der Waals surface area contributed by atoms with Crippen molar-refractivity contribution >= 4 is 17.5 Å². The molecule has 0 aromatic rings. The summed E-state index contributed by atoms with van der Waals surface area (Å²) in [5.41, 5.74) is -1.32. The van der Waals surface area contributed by atoms with E-state index in [4.69, 9.17) is 0 Å². The number of fused-ring (bicyclic) bond motifs is 1. The van der Waals surface area contributed by atoms with Crippen LogP contribution in [0.25, 0.3) is 0 Å². The number of hydrogen-bond donors (Lipinski definition) is 1. The molecule has 3 aliphatic rings. The first-order chi connectivity index (χ1) is 19.1. The fraction of sp³-hybridized carbons (Fsp3) is 0.765. The number of carbonyl (C=O) groups is 3. The van der Waals surface area contributed by atoms with Crippen molar-refractivity contribution in [2.45, 2.75) is 131 Å². The van der Waals surface area contributed by atoms with Crippen LogP contribution in [0.15, 0.2) is 23.3 Å². The van der Waals surface area contributed by atoms with Crippen LogP contribution in [0.5, 0.6) is 0 Å². The van der Waals surface area contributed by atoms with Crippen LogP contribution >= 0.6 is 0 Å². The number of nitrogens with one attached hydrogen (secondary N) is 1. The number of Topliss-reactive ketones (excluding diaryl/α,β-unsaturated/α-hetero) is 1. The number of nitriles is 1. The maximum absolute atomic E-state index is 13.1. The van der Waals surface area contributed by atoms with Gasteiger partial charge in [-0.1, -0.05) is 59.6 Å². The van der Waals surface area contributed by atoms with E-state index < -0.39 is 34.9 Å². The van der Waals surface area contributed by atoms with Crippen molar-refractivity contribution in [1.82, 2.24) is 5.32 Å². The van der Waals surface area contributed by atoms with E-state index in [1.165, 1.54) is 6.92 Å². The number of ketones is 2. The summed E-state index contributed by atoms with van der Waals surface area (Å²) in [5, 5.41) is 12.6. The smallest absolute Gasteiger partial charge is 0.351 e. The van der Waals surface area contributed by atoms with Crippen LogP contribution in [0.2, 0.25) is 0 Å². The van der Waals surface area contributed by atoms with Crippen molar-refractivity contribution in [2.75, 3.05) is 0 Å². The standard InChI is InChI=1S/C34H49F3N2O3/c1-22(40)18-26-32(7)19-24(21-38)28(42)23(2)25(32)10-13-33(26,8)30(5)12-9-11-29(3,4)14-16-31(6,17-15-30)39-27(41)20-34(35,36)37/h18-19,23,25H,9-17,20H2,1-8H3,(H,39,41)/b26-18-/t23-,25-,30-,31-,32-,33+/m0/s1. The summed E-state index contributed by atoms with van der Waals surface area (Å²) in [6, 6.07) is 2.10. The zero-order chi connectivity index (χ0) is 31.9. The highest BCUT2D eigenvalue weighted by Gasteiger charge is 2.59. The molecule has 234 valence electrons. The highest BCUT2D eigenvalue weighted by atomic mass is 19.4. The highest BCUT2D eigenvalue weighted by Crippen LogP contribution is 2.66. The van der Waals surface area contributed by atoms with E-state index in [0.29, 0.717) is 19.3 Å². The van der Waals surface area contributed by atoms with Crippen LogP contribution < -0.4 is 5.32 Å². The van der Waals surface area contributed by atoms with Crippen LogP contribution in [0, 0.1) is 44.8 Å². The monoisotopic (exact) mass is 590 g/mol. The first kappa shape index (κ1) is 34.1. The third-order valence-electron chi connectivity index (χ3n) is 11.4. The summed E-state index contributed by atoms with van der Waals surface area (Å²) >= 11 is 0. The number of halogens is 3. The van der Waals surface area contributed by atoms with Gasteiger partial charge < -0.3 is 5.32 Å². The Morgan fingerprint density at radius 3 is 2.21 bits per heavy atom. The fourth-order valence-electron chi connectivity index (χ4n) is 8.40. The van der Waals surface area contributed by atoms with Crippen LogP contribution in [0.3, 0.4) is 0 Å². The molecule has 42 heavy (non-hydrogen) atoms. The second-order valence-corrected chi connectivity index (χ2v) is 15.2. The predicted octanol–water partition coefficient (Wildman–Crippen LogP) is 8.20. The molecule has 0 bridgehead atoms. The predicted molar refractivity (Wildman–Crippen MR) is 157 cm³/mol. The largest absolute Gasteiger partial charge is 0.397 e. The maximum Gasteiger partial charge on any atom is 0.397 e. The van der Waals surface area contributed by atoms with E-state index in [-0.39, 0.29) is 39.8 Å². The van der Waals surface area contributed by atoms with Gasteiger partial charge in [0.1, 0.15) is 12.5 Å². The molecule has 0 unspecified atom stereocenters. The normalized spacial score (nSPS) is 38.6. The number of nitrogens with zero attached hydrogens (tertiary/aromatic N) is 1. The van der Waals surface area contributed by atoms with E-state index in [1.807, 2.05) is 13.8 Å². The van der Waals surface area contributed by atoms with Crippen molar-refractivity contribution in [3.63, 3.8) is 0 Å². The molecule has 0 aromatic heterocycles. The second-order valence-electron chi connectivity index (χ2n) is 15.2. The lowest BCUT2D eigenvalue weighted by molar-refractivity contribution is -0.155. The first-order valence-electron chi connectivity index (χ1n) is 15.4. The Bertz CT molecular complexity index is 1210. The van der Waals surface area contributed by atoms with Gasteiger partial charge in [-0.3, -0.25) is 14.4 Å². The Hall–Kier alpha value is -2.43. The summed E-state index contributed by atoms with van der Waals surface area (Å²) in [6.45, 7) is 16.1. The summed E-state index contributed by atoms with van der Waals surface area (Å²) in [4.78, 5) is 38.3. The Kier molecular flexibility index (Phi) is 9.39. The molecule has 5 nitrogen and oxygen atoms in total. The quantitative estimate of drug-likeness (QED) is 0.334. The number of allylic oxidation sites excluding steroid dienone is 4. The van der Waals surface area contributed by atoms with Crippen molar-refractivity contribution < 1.29 is 27.6 Å². The van der Waals surface area contributed by atoms with Gasteiger partial charge in [-0.15, -0.1) is 0 Å². The molecule has 1 amide bonds. The summed E-state index contributed by atoms with van der Waals surface area (Å²) < 4.78 is 39.2. The molecule has 0 heterocycles. The molecule has 0 spiro atoms. The van der Waals surface area contributed by atoms with Crippen LogP contribution in [0.1, 0.15) is 120 Å². The molecule has 2 saturated carbocycles. The first-order valence-corrected chi connectivity index (χ1v) is 15.4. The summed E-state index contributed by atoms with van der Waals surface area (Å²) in [5.74, 6) is -1.64. The minimum Gasteiger partial charge on any atom is -0.351 e. The average Bonchev–Trinajstić information content (AvgIpc) is 2.84. The fourth-order valence-corrected chi connectivity index (χ4v) is 8.40. The van der Waals surface area contributed by atoms with Crippen LogP contribution in [-0.2, 0) is 14.4 Å². The lowest BCUT2D eigenvalue weighted by atomic mass is 9.43. The molecular weight excluding hydrogens is 541 g/mol. The van der Waals surface area contributed by atoms with E-state index in [2.05, 4.69) is 46.0 Å². The van der Waals surface area contributed by atoms with Crippen molar-refractivity contribution in [3.05, 3.63) is 23.3 Å². The van der Waals surface area contributed by atoms with Gasteiger partial charge in [-0.25, -0.2) is 0 Å². The van der Waals surface area contributed by atoms with Gasteiger partial charge in [0.15, 0.2) is 11.6 Å². The molecule has 0 radical (unpaired) electrons. The maximum atomic E-state index is 13.1. The minimum atomic E-state index is -4.58. The second kappa shape index (κ2) is 11.6. The topological polar surface area (TPSA) is 87.0 Å². The van der Waals surface area contributed by atoms with Crippen molar-refractivity contribution in [3.8, 4) is 6.07 Å². The van der Waals surface area contributed by atoms with Crippen molar-refractivity contribution in [2.24, 2.45) is 33.5 Å². The third kappa shape index (κ3) is 6.86. The molecule has 0 aliphatic heterocycles. The van der Waals surface area contributed by atoms with Crippen LogP contribution in [0.4, 0.5) is 13.2 Å². The molecule has 3 rings (SSSR count). The van der Waals surface area contributed by atoms with Gasteiger partial charge in [-0.2, -0.15) is 18.4 Å². The highest BCUT2D eigenvalue weighted by molar-refractivity contribution is 6.02. The number of carbonyl (C=O) groups excluding carboxylic acids is 3. The number of amides is 1. The Balaban J connectivity index is 2.11. The molecule has 6 atom stereocenters. The lowest BCUT2D eigenvalue weighted by Crippen LogP contribution is -2.54. The van der Waals surface area contributed by atoms with Crippen LogP contribution in [-0.4, -0.2) is 29.2 Å². The van der Waals surface area contributed by atoms with E-state index >= 15 is 0 Å². The van der Waals surface area contributed by atoms with Gasteiger partial charge in [0.2, 0.25) is 5.91 Å². The van der Waals surface area contributed by atoms with E-state index in [1.54, 1.807) is 12.2 Å². The number of hydrogen-bond acceptors (Lipinski definition) is 4. The number of rotatable bonds is 4. The lowest BCUT2D eigenvalue weighted by Gasteiger charge is -2.60. The molecule has 3 aliphatic carbocycles. The van der Waals surface area contributed by atoms with Gasteiger partial charge in [-0.05, 0) is 93.5 Å². The van der Waals surface area contributed by atoms with E-state index in [0.717, 1.165) is 44.1 Å². The third-order valence-corrected chi connectivity index (χ3v) is 11.4. The molecule has 8 heteroatoms. The average molecular weight is 591 g/mol. The Labute approximate surface area is 249 Å². The molecule has 0 aromatic carbocycles. The Morgan fingerprint density at radius 1 is 1.02 bits per heavy atom. The Morgan fingerprint density at radius 2 is 1.64 bits per heavy atom. The molecule has 0 saturated heterocycles. The van der Waals surface area contributed by atoms with Gasteiger partial charge >= 0.3 is 6.18 Å². The zero-order valence-electron chi connectivity index (χ0n) is 26.7. The van der Waals surface area contributed by atoms with Crippen molar-refractivity contribution in [1.29, 1.82) is 5.26 Å². The number of alkyl halides is 3. The zero-order valence-corrected chi connectivity index (χ0v) is 26.7. The molecule has 1 N–H and O–H groups in total.